The Balaban J connectivity index is 3.02. The highest BCUT2D eigenvalue weighted by Gasteiger charge is 1.99. The van der Waals surface area contributed by atoms with Crippen LogP contribution in [0.4, 0.5) is 0 Å². The van der Waals surface area contributed by atoms with Crippen molar-refractivity contribution in [1.29, 1.82) is 0 Å². The fourth-order valence-electron chi connectivity index (χ4n) is 0.691. The van der Waals surface area contributed by atoms with E-state index in [0.717, 1.165) is 17.9 Å². The van der Waals surface area contributed by atoms with Crippen LogP contribution >= 0.6 is 11.8 Å². The van der Waals surface area contributed by atoms with E-state index in [2.05, 4.69) is 12.2 Å². The second kappa shape index (κ2) is 8.33. The zero-order valence-electron chi connectivity index (χ0n) is 7.05. The fraction of sp³-hybridized carbons (Fsp3) is 1.00. The topological polar surface area (TPSA) is 58.3 Å². The molecule has 0 aliphatic carbocycles. The van der Waals surface area contributed by atoms with E-state index < -0.39 is 0 Å². The number of hydrogen-bond donors (Lipinski definition) is 3. The van der Waals surface area contributed by atoms with Gasteiger partial charge in [0, 0.05) is 13.1 Å². The van der Waals surface area contributed by atoms with Crippen molar-refractivity contribution in [2.45, 2.75) is 19.6 Å². The van der Waals surface area contributed by atoms with Gasteiger partial charge in [0.25, 0.3) is 0 Å². The quantitative estimate of drug-likeness (QED) is 0.379. The first-order valence-corrected chi connectivity index (χ1v) is 5.16. The second-order valence-electron chi connectivity index (χ2n) is 2.24. The molecule has 0 aromatic heterocycles. The molecule has 0 fully saturated rings. The highest BCUT2D eigenvalue weighted by Crippen LogP contribution is 2.01. The first-order chi connectivity index (χ1) is 5.31. The van der Waals surface area contributed by atoms with Crippen molar-refractivity contribution >= 4 is 11.8 Å². The van der Waals surface area contributed by atoms with Gasteiger partial charge < -0.3 is 10.8 Å². The molecular weight excluding hydrogens is 160 g/mol. The zero-order valence-corrected chi connectivity index (χ0v) is 7.86. The van der Waals surface area contributed by atoms with E-state index in [4.69, 9.17) is 5.73 Å². The van der Waals surface area contributed by atoms with E-state index in [1.54, 1.807) is 0 Å². The Kier molecular flexibility index (Phi) is 8.50. The first-order valence-electron chi connectivity index (χ1n) is 4.00. The molecule has 68 valence electrons. The van der Waals surface area contributed by atoms with Crippen molar-refractivity contribution in [2.75, 3.05) is 24.6 Å². The molecule has 0 spiro atoms. The number of rotatable bonds is 7. The van der Waals surface area contributed by atoms with Gasteiger partial charge in [-0.3, -0.25) is 5.32 Å². The Morgan fingerprint density at radius 3 is 2.91 bits per heavy atom. The third-order valence-electron chi connectivity index (χ3n) is 1.26. The van der Waals surface area contributed by atoms with Crippen LogP contribution in [0.25, 0.3) is 0 Å². The summed E-state index contributed by atoms with van der Waals surface area (Å²) in [4.78, 5) is 0. The lowest BCUT2D eigenvalue weighted by Crippen LogP contribution is -2.33. The maximum absolute atomic E-state index is 9.23. The summed E-state index contributed by atoms with van der Waals surface area (Å²) < 4.78 is 0. The van der Waals surface area contributed by atoms with Gasteiger partial charge >= 0.3 is 0 Å². The minimum Gasteiger partial charge on any atom is -0.379 e. The van der Waals surface area contributed by atoms with Gasteiger partial charge in [-0.25, -0.2) is 0 Å². The van der Waals surface area contributed by atoms with Gasteiger partial charge in [-0.15, -0.1) is 0 Å². The fourth-order valence-corrected chi connectivity index (χ4v) is 1.37. The lowest BCUT2D eigenvalue weighted by molar-refractivity contribution is 0.136. The molecule has 11 heavy (non-hydrogen) atoms. The third kappa shape index (κ3) is 8.13. The van der Waals surface area contributed by atoms with Gasteiger partial charge in [-0.2, -0.15) is 11.8 Å². The standard InChI is InChI=1S/C7H18N2OS/c1-2-11-6-3-7(10)9-5-4-8/h7,9-10H,2-6,8H2,1H3. The summed E-state index contributed by atoms with van der Waals surface area (Å²) in [5, 5.41) is 12.1. The minimum atomic E-state index is -0.377. The average Bonchev–Trinajstić information content (AvgIpc) is 2.01. The van der Waals surface area contributed by atoms with Crippen LogP contribution in [0.3, 0.4) is 0 Å². The van der Waals surface area contributed by atoms with Crippen molar-refractivity contribution in [2.24, 2.45) is 5.73 Å². The third-order valence-corrected chi connectivity index (χ3v) is 2.20. The van der Waals surface area contributed by atoms with Crippen LogP contribution < -0.4 is 11.1 Å². The smallest absolute Gasteiger partial charge is 0.105 e. The molecule has 0 radical (unpaired) electrons. The first kappa shape index (κ1) is 11.2. The lowest BCUT2D eigenvalue weighted by atomic mass is 10.4. The molecule has 0 rings (SSSR count). The molecule has 0 amide bonds. The predicted molar refractivity (Wildman–Crippen MR) is 50.7 cm³/mol. The molecule has 4 heteroatoms. The Labute approximate surface area is 72.7 Å². The van der Waals surface area contributed by atoms with E-state index in [0.29, 0.717) is 13.1 Å². The van der Waals surface area contributed by atoms with Crippen LogP contribution in [0.15, 0.2) is 0 Å². The normalized spacial score (nSPS) is 13.4. The van der Waals surface area contributed by atoms with E-state index in [9.17, 15) is 5.11 Å². The summed E-state index contributed by atoms with van der Waals surface area (Å²) in [7, 11) is 0. The van der Waals surface area contributed by atoms with Gasteiger partial charge in [0.15, 0.2) is 0 Å². The Morgan fingerprint density at radius 2 is 2.36 bits per heavy atom. The molecule has 0 saturated carbocycles. The summed E-state index contributed by atoms with van der Waals surface area (Å²) in [5.41, 5.74) is 5.25. The second-order valence-corrected chi connectivity index (χ2v) is 3.64. The SMILES string of the molecule is CCSCCC(O)NCCN. The zero-order chi connectivity index (χ0) is 8.53. The van der Waals surface area contributed by atoms with Crippen LogP contribution in [0.1, 0.15) is 13.3 Å². The Bertz CT molecular complexity index is 82.8. The molecule has 0 aromatic carbocycles. The maximum Gasteiger partial charge on any atom is 0.105 e. The summed E-state index contributed by atoms with van der Waals surface area (Å²) in [5.74, 6) is 2.12. The molecule has 0 aliphatic heterocycles. The lowest BCUT2D eigenvalue weighted by Gasteiger charge is -2.10. The Hall–Kier alpha value is 0.230. The van der Waals surface area contributed by atoms with Gasteiger partial charge in [0.05, 0.1) is 0 Å². The van der Waals surface area contributed by atoms with Crippen molar-refractivity contribution in [3.8, 4) is 0 Å². The highest BCUT2D eigenvalue weighted by molar-refractivity contribution is 7.99. The average molecular weight is 178 g/mol. The van der Waals surface area contributed by atoms with Gasteiger partial charge in [0.1, 0.15) is 6.23 Å². The molecule has 0 saturated heterocycles. The number of hydrogen-bond acceptors (Lipinski definition) is 4. The molecule has 0 bridgehead atoms. The number of aliphatic hydroxyl groups excluding tert-OH is 1. The van der Waals surface area contributed by atoms with Crippen LogP contribution in [0.5, 0.6) is 0 Å². The van der Waals surface area contributed by atoms with E-state index in [1.807, 2.05) is 11.8 Å². The van der Waals surface area contributed by atoms with Crippen molar-refractivity contribution in [3.63, 3.8) is 0 Å². The highest BCUT2D eigenvalue weighted by atomic mass is 32.2. The minimum absolute atomic E-state index is 0.377. The van der Waals surface area contributed by atoms with E-state index in [-0.39, 0.29) is 6.23 Å². The van der Waals surface area contributed by atoms with Crippen LogP contribution in [0.2, 0.25) is 0 Å². The van der Waals surface area contributed by atoms with Crippen LogP contribution in [-0.2, 0) is 0 Å². The van der Waals surface area contributed by atoms with Gasteiger partial charge in [0.2, 0.25) is 0 Å². The van der Waals surface area contributed by atoms with Gasteiger partial charge in [-0.1, -0.05) is 6.92 Å². The Morgan fingerprint density at radius 1 is 1.64 bits per heavy atom. The largest absolute Gasteiger partial charge is 0.379 e. The van der Waals surface area contributed by atoms with Crippen molar-refractivity contribution in [1.82, 2.24) is 5.32 Å². The molecule has 0 heterocycles. The number of thioether (sulfide) groups is 1. The van der Waals surface area contributed by atoms with Crippen LogP contribution in [0, 0.1) is 0 Å². The molecule has 0 aromatic rings. The van der Waals surface area contributed by atoms with E-state index in [1.165, 1.54) is 0 Å². The van der Waals surface area contributed by atoms with Crippen LogP contribution in [-0.4, -0.2) is 35.9 Å². The monoisotopic (exact) mass is 178 g/mol. The summed E-state index contributed by atoms with van der Waals surface area (Å²) >= 11 is 1.84. The summed E-state index contributed by atoms with van der Waals surface area (Å²) in [6.07, 6.45) is 0.427. The number of nitrogens with one attached hydrogen (secondary N) is 1. The summed E-state index contributed by atoms with van der Waals surface area (Å²) in [6, 6.07) is 0. The number of aliphatic hydroxyl groups is 1. The molecule has 1 unspecified atom stereocenters. The molecule has 1 atom stereocenters. The van der Waals surface area contributed by atoms with Gasteiger partial charge in [-0.05, 0) is 17.9 Å². The predicted octanol–water partition coefficient (Wildman–Crippen LogP) is -0.00370. The molecule has 4 N–H and O–H groups in total. The number of nitrogens with two attached hydrogens (primary N) is 1. The molecular formula is C7H18N2OS. The van der Waals surface area contributed by atoms with E-state index >= 15 is 0 Å². The molecule has 3 nitrogen and oxygen atoms in total. The molecule has 0 aliphatic rings. The summed E-state index contributed by atoms with van der Waals surface area (Å²) in [6.45, 7) is 3.39. The van der Waals surface area contributed by atoms with Crippen molar-refractivity contribution < 1.29 is 5.11 Å². The van der Waals surface area contributed by atoms with Crippen molar-refractivity contribution in [3.05, 3.63) is 0 Å². The maximum atomic E-state index is 9.23.